The van der Waals surface area contributed by atoms with Gasteiger partial charge in [-0.15, -0.1) is 0 Å². The van der Waals surface area contributed by atoms with E-state index in [0.29, 0.717) is 11.3 Å². The Hall–Kier alpha value is -1.82. The van der Waals surface area contributed by atoms with Gasteiger partial charge in [-0.2, -0.15) is 0 Å². The number of likely N-dealkylation sites (tertiary alicyclic amines) is 2. The van der Waals surface area contributed by atoms with Crippen LogP contribution in [0.1, 0.15) is 24.0 Å². The largest absolute Gasteiger partial charge is 0.384 e. The molecule has 2 aromatic rings. The van der Waals surface area contributed by atoms with Crippen molar-refractivity contribution in [1.29, 1.82) is 0 Å². The van der Waals surface area contributed by atoms with E-state index < -0.39 is 0 Å². The summed E-state index contributed by atoms with van der Waals surface area (Å²) >= 11 is 0. The summed E-state index contributed by atoms with van der Waals surface area (Å²) in [5.74, 6) is 0.625. The molecule has 2 saturated heterocycles. The molecule has 2 aliphatic heterocycles. The fourth-order valence-electron chi connectivity index (χ4n) is 4.92. The lowest BCUT2D eigenvalue weighted by atomic mass is 9.71. The van der Waals surface area contributed by atoms with Gasteiger partial charge in [0, 0.05) is 64.0 Å². The van der Waals surface area contributed by atoms with Crippen LogP contribution in [0, 0.1) is 11.3 Å². The monoisotopic (exact) mass is 366 g/mol. The molecule has 4 heterocycles. The van der Waals surface area contributed by atoms with Crippen molar-refractivity contribution in [3.63, 3.8) is 0 Å². The average Bonchev–Trinajstić information content (AvgIpc) is 3.02. The molecule has 1 unspecified atom stereocenters. The molecule has 2 aliphatic rings. The summed E-state index contributed by atoms with van der Waals surface area (Å²) in [6.07, 6.45) is 10.2. The number of hydrogen-bond acceptors (Lipinski definition) is 5. The molecule has 1 spiro atoms. The van der Waals surface area contributed by atoms with Crippen molar-refractivity contribution < 1.29 is 4.74 Å². The Bertz CT molecular complexity index is 701. The first-order valence-corrected chi connectivity index (χ1v) is 9.99. The number of methoxy groups -OCH3 is 1. The van der Waals surface area contributed by atoms with E-state index in [-0.39, 0.29) is 0 Å². The number of hydrogen-bond donors (Lipinski definition) is 0. The molecule has 2 fully saturated rings. The molecular formula is C22H30N4O. The van der Waals surface area contributed by atoms with Gasteiger partial charge >= 0.3 is 0 Å². The Kier molecular flexibility index (Phi) is 5.81. The van der Waals surface area contributed by atoms with Gasteiger partial charge in [0.15, 0.2) is 0 Å². The summed E-state index contributed by atoms with van der Waals surface area (Å²) < 4.78 is 5.61. The third-order valence-corrected chi connectivity index (χ3v) is 6.36. The number of rotatable bonds is 6. The van der Waals surface area contributed by atoms with Gasteiger partial charge in [-0.3, -0.25) is 19.8 Å². The molecule has 4 rings (SSSR count). The van der Waals surface area contributed by atoms with Gasteiger partial charge < -0.3 is 4.74 Å². The molecule has 2 aromatic heterocycles. The van der Waals surface area contributed by atoms with Crippen molar-refractivity contribution in [3.05, 3.63) is 60.2 Å². The first-order valence-electron chi connectivity index (χ1n) is 9.99. The topological polar surface area (TPSA) is 41.5 Å². The summed E-state index contributed by atoms with van der Waals surface area (Å²) in [7, 11) is 1.84. The van der Waals surface area contributed by atoms with E-state index >= 15 is 0 Å². The molecule has 0 amide bonds. The van der Waals surface area contributed by atoms with Crippen molar-refractivity contribution in [2.24, 2.45) is 11.3 Å². The molecule has 0 aromatic carbocycles. The maximum absolute atomic E-state index is 5.61. The highest BCUT2D eigenvalue weighted by atomic mass is 16.5. The summed E-state index contributed by atoms with van der Waals surface area (Å²) in [4.78, 5) is 13.7. The number of pyridine rings is 2. The first-order chi connectivity index (χ1) is 13.3. The molecule has 27 heavy (non-hydrogen) atoms. The van der Waals surface area contributed by atoms with E-state index in [4.69, 9.17) is 4.74 Å². The van der Waals surface area contributed by atoms with Crippen LogP contribution in [-0.2, 0) is 17.8 Å². The van der Waals surface area contributed by atoms with Crippen molar-refractivity contribution in [2.45, 2.75) is 25.9 Å². The lowest BCUT2D eigenvalue weighted by Gasteiger charge is -2.42. The van der Waals surface area contributed by atoms with E-state index in [1.54, 1.807) is 0 Å². The zero-order valence-corrected chi connectivity index (χ0v) is 16.3. The van der Waals surface area contributed by atoms with Crippen molar-refractivity contribution in [2.75, 3.05) is 39.9 Å². The average molecular weight is 367 g/mol. The number of aromatic nitrogens is 2. The van der Waals surface area contributed by atoms with Crippen molar-refractivity contribution >= 4 is 0 Å². The molecule has 5 nitrogen and oxygen atoms in total. The zero-order chi connectivity index (χ0) is 18.5. The van der Waals surface area contributed by atoms with Crippen LogP contribution in [0.15, 0.2) is 49.1 Å². The van der Waals surface area contributed by atoms with Crippen LogP contribution in [-0.4, -0.2) is 59.7 Å². The first kappa shape index (κ1) is 18.5. The van der Waals surface area contributed by atoms with E-state index in [1.807, 2.05) is 44.0 Å². The van der Waals surface area contributed by atoms with Gasteiger partial charge in [0.1, 0.15) is 0 Å². The van der Waals surface area contributed by atoms with Crippen LogP contribution in [0.5, 0.6) is 0 Å². The van der Waals surface area contributed by atoms with Crippen molar-refractivity contribution in [3.8, 4) is 0 Å². The summed E-state index contributed by atoms with van der Waals surface area (Å²) in [6.45, 7) is 7.51. The third kappa shape index (κ3) is 4.37. The minimum Gasteiger partial charge on any atom is -0.384 e. The quantitative estimate of drug-likeness (QED) is 0.786. The fraction of sp³-hybridized carbons (Fsp3) is 0.545. The Morgan fingerprint density at radius 2 is 1.63 bits per heavy atom. The molecule has 0 bridgehead atoms. The molecule has 5 heteroatoms. The third-order valence-electron chi connectivity index (χ3n) is 6.36. The van der Waals surface area contributed by atoms with Gasteiger partial charge in [0.25, 0.3) is 0 Å². The van der Waals surface area contributed by atoms with Crippen molar-refractivity contribution in [1.82, 2.24) is 19.8 Å². The lowest BCUT2D eigenvalue weighted by Crippen LogP contribution is -2.44. The summed E-state index contributed by atoms with van der Waals surface area (Å²) in [5.41, 5.74) is 3.01. The van der Waals surface area contributed by atoms with Gasteiger partial charge in [0.05, 0.1) is 6.61 Å². The predicted molar refractivity (Wildman–Crippen MR) is 106 cm³/mol. The highest BCUT2D eigenvalue weighted by Crippen LogP contribution is 2.45. The van der Waals surface area contributed by atoms with Gasteiger partial charge in [-0.1, -0.05) is 12.1 Å². The van der Waals surface area contributed by atoms with Crippen LogP contribution >= 0.6 is 0 Å². The molecule has 0 N–H and O–H groups in total. The lowest BCUT2D eigenvalue weighted by molar-refractivity contribution is 0.0350. The highest BCUT2D eigenvalue weighted by molar-refractivity contribution is 5.11. The minimum absolute atomic E-state index is 0.393. The van der Waals surface area contributed by atoms with Crippen LogP contribution in [0.25, 0.3) is 0 Å². The van der Waals surface area contributed by atoms with E-state index in [0.717, 1.165) is 39.3 Å². The van der Waals surface area contributed by atoms with Gasteiger partial charge in [-0.25, -0.2) is 0 Å². The van der Waals surface area contributed by atoms with E-state index in [2.05, 4.69) is 31.9 Å². The molecular weight excluding hydrogens is 336 g/mol. The fourth-order valence-corrected chi connectivity index (χ4v) is 4.92. The number of nitrogens with zero attached hydrogens (tertiary/aromatic N) is 4. The second kappa shape index (κ2) is 8.46. The van der Waals surface area contributed by atoms with Crippen LogP contribution in [0.4, 0.5) is 0 Å². The highest BCUT2D eigenvalue weighted by Gasteiger charge is 2.47. The standard InChI is InChI=1S/C22H30N4O/c1-27-17-21-16-26(15-20-5-3-9-24-13-20)18-22(21)6-10-25(11-7-22)14-19-4-2-8-23-12-19/h2-5,8-9,12-13,21H,6-7,10-11,14-18H2,1H3. The Balaban J connectivity index is 1.38. The minimum atomic E-state index is 0.393. The molecule has 144 valence electrons. The second-order valence-corrected chi connectivity index (χ2v) is 8.18. The van der Waals surface area contributed by atoms with E-state index in [9.17, 15) is 0 Å². The van der Waals surface area contributed by atoms with Gasteiger partial charge in [0.2, 0.25) is 0 Å². The SMILES string of the molecule is COCC1CN(Cc2cccnc2)CC12CCN(Cc1cccnc1)CC2. The van der Waals surface area contributed by atoms with Crippen LogP contribution < -0.4 is 0 Å². The zero-order valence-electron chi connectivity index (χ0n) is 16.3. The van der Waals surface area contributed by atoms with Crippen LogP contribution in [0.2, 0.25) is 0 Å². The maximum Gasteiger partial charge on any atom is 0.0508 e. The molecule has 1 atom stereocenters. The number of piperidine rings is 1. The summed E-state index contributed by atoms with van der Waals surface area (Å²) in [5, 5.41) is 0. The normalized spacial score (nSPS) is 23.1. The van der Waals surface area contributed by atoms with Gasteiger partial charge in [-0.05, 0) is 54.6 Å². The summed E-state index contributed by atoms with van der Waals surface area (Å²) in [6, 6.07) is 8.42. The van der Waals surface area contributed by atoms with E-state index in [1.165, 1.54) is 30.5 Å². The Labute approximate surface area is 162 Å². The maximum atomic E-state index is 5.61. The molecule has 0 saturated carbocycles. The van der Waals surface area contributed by atoms with Crippen LogP contribution in [0.3, 0.4) is 0 Å². The Morgan fingerprint density at radius 3 is 2.19 bits per heavy atom. The predicted octanol–water partition coefficient (Wildman–Crippen LogP) is 2.84. The second-order valence-electron chi connectivity index (χ2n) is 8.18. The molecule has 0 aliphatic carbocycles. The molecule has 0 radical (unpaired) electrons. The Morgan fingerprint density at radius 1 is 1.00 bits per heavy atom. The smallest absolute Gasteiger partial charge is 0.0508 e. The number of ether oxygens (including phenoxy) is 1.